The summed E-state index contributed by atoms with van der Waals surface area (Å²) in [7, 11) is 0. The zero-order valence-electron chi connectivity index (χ0n) is 9.03. The predicted octanol–water partition coefficient (Wildman–Crippen LogP) is 1.09. The molecule has 0 aliphatic rings. The molecule has 0 atom stereocenters. The summed E-state index contributed by atoms with van der Waals surface area (Å²) in [6.07, 6.45) is 1.62. The first-order valence-electron chi connectivity index (χ1n) is 4.94. The van der Waals surface area contributed by atoms with Crippen LogP contribution in [-0.2, 0) is 11.3 Å². The van der Waals surface area contributed by atoms with E-state index in [4.69, 9.17) is 4.74 Å². The van der Waals surface area contributed by atoms with E-state index < -0.39 is 0 Å². The number of carbonyl (C=O) groups excluding carboxylic acids is 1. The number of pyridine rings is 1. The van der Waals surface area contributed by atoms with Crippen LogP contribution in [0.2, 0.25) is 0 Å². The number of hydrogen-bond donors (Lipinski definition) is 0. The smallest absolute Gasteiger partial charge is 0.251 e. The molecule has 4 heteroatoms. The molecule has 0 N–H and O–H groups in total. The van der Waals surface area contributed by atoms with E-state index in [1.807, 2.05) is 6.92 Å². The number of Topliss-reactive ketones (excluding diaryl/α,β-unsaturated/α-hetero) is 1. The standard InChI is InChI=1S/C11H15NO3/c1-3-15-7-6-12-5-4-10(9(2)13)8-11(12)14/h4-5,8H,3,6-7H2,1-2H3. The molecule has 4 nitrogen and oxygen atoms in total. The summed E-state index contributed by atoms with van der Waals surface area (Å²) in [5, 5.41) is 0. The Hall–Kier alpha value is -1.42. The van der Waals surface area contributed by atoms with Gasteiger partial charge in [0.05, 0.1) is 6.61 Å². The molecule has 0 saturated heterocycles. The average Bonchev–Trinajstić information content (AvgIpc) is 2.20. The molecule has 0 aliphatic carbocycles. The Balaban J connectivity index is 2.75. The normalized spacial score (nSPS) is 10.3. The molecule has 0 radical (unpaired) electrons. The van der Waals surface area contributed by atoms with Crippen molar-refractivity contribution in [1.82, 2.24) is 4.57 Å². The SMILES string of the molecule is CCOCCn1ccc(C(C)=O)cc1=O. The van der Waals surface area contributed by atoms with Crippen molar-refractivity contribution in [2.24, 2.45) is 0 Å². The van der Waals surface area contributed by atoms with Crippen molar-refractivity contribution in [3.05, 3.63) is 34.2 Å². The minimum Gasteiger partial charge on any atom is -0.380 e. The van der Waals surface area contributed by atoms with Gasteiger partial charge in [-0.05, 0) is 19.9 Å². The highest BCUT2D eigenvalue weighted by Gasteiger charge is 2.01. The number of aromatic nitrogens is 1. The fraction of sp³-hybridized carbons (Fsp3) is 0.455. The third-order valence-electron chi connectivity index (χ3n) is 2.08. The van der Waals surface area contributed by atoms with Crippen LogP contribution in [0, 0.1) is 0 Å². The summed E-state index contributed by atoms with van der Waals surface area (Å²) in [4.78, 5) is 22.5. The topological polar surface area (TPSA) is 48.3 Å². The van der Waals surface area contributed by atoms with Crippen LogP contribution < -0.4 is 5.56 Å². The second-order valence-electron chi connectivity index (χ2n) is 3.20. The zero-order valence-corrected chi connectivity index (χ0v) is 9.03. The summed E-state index contributed by atoms with van der Waals surface area (Å²) in [6, 6.07) is 3.00. The molecule has 0 saturated carbocycles. The van der Waals surface area contributed by atoms with Gasteiger partial charge in [-0.2, -0.15) is 0 Å². The number of hydrogen-bond acceptors (Lipinski definition) is 3. The van der Waals surface area contributed by atoms with Gasteiger partial charge in [0.15, 0.2) is 5.78 Å². The van der Waals surface area contributed by atoms with Crippen molar-refractivity contribution >= 4 is 5.78 Å². The largest absolute Gasteiger partial charge is 0.380 e. The summed E-state index contributed by atoms with van der Waals surface area (Å²) in [5.74, 6) is -0.0935. The summed E-state index contributed by atoms with van der Waals surface area (Å²) >= 11 is 0. The first-order chi connectivity index (χ1) is 7.15. The van der Waals surface area contributed by atoms with E-state index in [9.17, 15) is 9.59 Å². The Morgan fingerprint density at radius 2 is 2.27 bits per heavy atom. The first kappa shape index (κ1) is 11.7. The average molecular weight is 209 g/mol. The Kier molecular flexibility index (Phi) is 4.24. The minimum absolute atomic E-state index is 0.0935. The van der Waals surface area contributed by atoms with E-state index >= 15 is 0 Å². The first-order valence-corrected chi connectivity index (χ1v) is 4.94. The van der Waals surface area contributed by atoms with Crippen LogP contribution >= 0.6 is 0 Å². The second kappa shape index (κ2) is 5.46. The van der Waals surface area contributed by atoms with E-state index in [1.165, 1.54) is 17.6 Å². The number of nitrogens with zero attached hydrogens (tertiary/aromatic N) is 1. The van der Waals surface area contributed by atoms with E-state index in [1.54, 1.807) is 12.3 Å². The Labute approximate surface area is 88.5 Å². The molecule has 0 fully saturated rings. The van der Waals surface area contributed by atoms with Gasteiger partial charge in [-0.1, -0.05) is 0 Å². The molecule has 15 heavy (non-hydrogen) atoms. The quantitative estimate of drug-likeness (QED) is 0.538. The van der Waals surface area contributed by atoms with E-state index in [0.717, 1.165) is 0 Å². The third-order valence-corrected chi connectivity index (χ3v) is 2.08. The molecule has 0 spiro atoms. The van der Waals surface area contributed by atoms with Gasteiger partial charge in [0.1, 0.15) is 0 Å². The van der Waals surface area contributed by atoms with Crippen molar-refractivity contribution in [3.63, 3.8) is 0 Å². The maximum absolute atomic E-state index is 11.5. The van der Waals surface area contributed by atoms with Crippen molar-refractivity contribution < 1.29 is 9.53 Å². The fourth-order valence-corrected chi connectivity index (χ4v) is 1.22. The molecular weight excluding hydrogens is 194 g/mol. The van der Waals surface area contributed by atoms with Gasteiger partial charge in [-0.3, -0.25) is 9.59 Å². The number of ketones is 1. The number of ether oxygens (including phenoxy) is 1. The number of rotatable bonds is 5. The highest BCUT2D eigenvalue weighted by Crippen LogP contribution is 1.95. The number of carbonyl (C=O) groups is 1. The summed E-state index contributed by atoms with van der Waals surface area (Å²) in [5.41, 5.74) is 0.287. The van der Waals surface area contributed by atoms with Crippen LogP contribution in [0.15, 0.2) is 23.1 Å². The molecule has 1 aromatic rings. The maximum Gasteiger partial charge on any atom is 0.251 e. The van der Waals surface area contributed by atoms with Gasteiger partial charge in [0.2, 0.25) is 0 Å². The lowest BCUT2D eigenvalue weighted by Crippen LogP contribution is -2.22. The lowest BCUT2D eigenvalue weighted by Gasteiger charge is -2.05. The molecule has 82 valence electrons. The Morgan fingerprint density at radius 3 is 2.80 bits per heavy atom. The molecule has 0 aliphatic heterocycles. The maximum atomic E-state index is 11.5. The third kappa shape index (κ3) is 3.32. The van der Waals surface area contributed by atoms with Crippen LogP contribution in [0.1, 0.15) is 24.2 Å². The van der Waals surface area contributed by atoms with Gasteiger partial charge in [-0.15, -0.1) is 0 Å². The van der Waals surface area contributed by atoms with E-state index in [-0.39, 0.29) is 11.3 Å². The van der Waals surface area contributed by atoms with Crippen LogP contribution in [0.4, 0.5) is 0 Å². The monoisotopic (exact) mass is 209 g/mol. The van der Waals surface area contributed by atoms with Gasteiger partial charge in [-0.25, -0.2) is 0 Å². The molecule has 1 heterocycles. The van der Waals surface area contributed by atoms with Gasteiger partial charge in [0.25, 0.3) is 5.56 Å². The van der Waals surface area contributed by atoms with E-state index in [2.05, 4.69) is 0 Å². The highest BCUT2D eigenvalue weighted by atomic mass is 16.5. The van der Waals surface area contributed by atoms with Crippen molar-refractivity contribution in [2.75, 3.05) is 13.2 Å². The highest BCUT2D eigenvalue weighted by molar-refractivity contribution is 5.93. The summed E-state index contributed by atoms with van der Waals surface area (Å²) in [6.45, 7) is 5.02. The molecule has 0 aromatic carbocycles. The van der Waals surface area contributed by atoms with Crippen molar-refractivity contribution in [2.45, 2.75) is 20.4 Å². The van der Waals surface area contributed by atoms with Crippen molar-refractivity contribution in [3.8, 4) is 0 Å². The molecule has 1 aromatic heterocycles. The minimum atomic E-state index is -0.164. The van der Waals surface area contributed by atoms with Gasteiger partial charge >= 0.3 is 0 Å². The lowest BCUT2D eigenvalue weighted by atomic mass is 10.2. The van der Waals surface area contributed by atoms with Crippen molar-refractivity contribution in [1.29, 1.82) is 0 Å². The zero-order chi connectivity index (χ0) is 11.3. The summed E-state index contributed by atoms with van der Waals surface area (Å²) < 4.78 is 6.67. The lowest BCUT2D eigenvalue weighted by molar-refractivity contribution is 0.101. The molecule has 1 rings (SSSR count). The fourth-order valence-electron chi connectivity index (χ4n) is 1.22. The Morgan fingerprint density at radius 1 is 1.53 bits per heavy atom. The second-order valence-corrected chi connectivity index (χ2v) is 3.20. The van der Waals surface area contributed by atoms with Crippen LogP contribution in [-0.4, -0.2) is 23.6 Å². The molecule has 0 amide bonds. The molecule has 0 unspecified atom stereocenters. The van der Waals surface area contributed by atoms with Gasteiger partial charge in [0, 0.05) is 31.0 Å². The van der Waals surface area contributed by atoms with Crippen LogP contribution in [0.3, 0.4) is 0 Å². The Bertz CT molecular complexity index is 395. The predicted molar refractivity (Wildman–Crippen MR) is 57.2 cm³/mol. The van der Waals surface area contributed by atoms with Crippen LogP contribution in [0.5, 0.6) is 0 Å². The molecule has 0 bridgehead atoms. The molecular formula is C11H15NO3. The van der Waals surface area contributed by atoms with E-state index in [0.29, 0.717) is 25.3 Å². The van der Waals surface area contributed by atoms with Crippen LogP contribution in [0.25, 0.3) is 0 Å². The van der Waals surface area contributed by atoms with Gasteiger partial charge < -0.3 is 9.30 Å².